The van der Waals surface area contributed by atoms with Crippen molar-refractivity contribution in [2.45, 2.75) is 13.0 Å². The van der Waals surface area contributed by atoms with Crippen LogP contribution in [0.4, 0.5) is 0 Å². The lowest BCUT2D eigenvalue weighted by Crippen LogP contribution is -2.47. The van der Waals surface area contributed by atoms with Gasteiger partial charge in [-0.2, -0.15) is 0 Å². The molecule has 1 aromatic carbocycles. The molecule has 0 aromatic heterocycles. The van der Waals surface area contributed by atoms with E-state index < -0.39 is 0 Å². The summed E-state index contributed by atoms with van der Waals surface area (Å²) in [6.07, 6.45) is 0. The fourth-order valence-corrected chi connectivity index (χ4v) is 1.76. The van der Waals surface area contributed by atoms with Crippen LogP contribution in [0.15, 0.2) is 24.3 Å². The summed E-state index contributed by atoms with van der Waals surface area (Å²) in [6.45, 7) is 3.59. The first-order valence-electron chi connectivity index (χ1n) is 4.85. The van der Waals surface area contributed by atoms with Crippen LogP contribution in [0.5, 0.6) is 0 Å². The predicted molar refractivity (Wildman–Crippen MR) is 54.9 cm³/mol. The van der Waals surface area contributed by atoms with E-state index >= 15 is 0 Å². The molecular weight excluding hydrogens is 176 g/mol. The van der Waals surface area contributed by atoms with Crippen molar-refractivity contribution in [2.24, 2.45) is 0 Å². The molecule has 1 amide bonds. The maximum atomic E-state index is 11.6. The van der Waals surface area contributed by atoms with Crippen LogP contribution in [0.3, 0.4) is 0 Å². The third-order valence-electron chi connectivity index (χ3n) is 2.53. The number of amides is 1. The van der Waals surface area contributed by atoms with E-state index in [1.165, 1.54) is 0 Å². The van der Waals surface area contributed by atoms with Crippen molar-refractivity contribution in [3.05, 3.63) is 35.4 Å². The van der Waals surface area contributed by atoms with E-state index in [4.69, 9.17) is 0 Å². The zero-order valence-electron chi connectivity index (χ0n) is 8.21. The molecule has 1 saturated heterocycles. The van der Waals surface area contributed by atoms with Crippen molar-refractivity contribution < 1.29 is 4.79 Å². The smallest absolute Gasteiger partial charge is 0.241 e. The summed E-state index contributed by atoms with van der Waals surface area (Å²) >= 11 is 0. The SMILES string of the molecule is Cc1ccccc1[C@H]1NCCNC1=O. The van der Waals surface area contributed by atoms with Gasteiger partial charge in [0.1, 0.15) is 6.04 Å². The molecule has 0 saturated carbocycles. The molecule has 1 atom stereocenters. The Bertz CT molecular complexity index is 349. The maximum Gasteiger partial charge on any atom is 0.241 e. The van der Waals surface area contributed by atoms with Gasteiger partial charge in [0, 0.05) is 13.1 Å². The summed E-state index contributed by atoms with van der Waals surface area (Å²) in [6, 6.07) is 7.80. The molecule has 0 radical (unpaired) electrons. The Morgan fingerprint density at radius 2 is 2.07 bits per heavy atom. The van der Waals surface area contributed by atoms with Crippen molar-refractivity contribution in [3.8, 4) is 0 Å². The van der Waals surface area contributed by atoms with Crippen molar-refractivity contribution >= 4 is 5.91 Å². The predicted octanol–water partition coefficient (Wildman–Crippen LogP) is 0.756. The minimum atomic E-state index is -0.176. The van der Waals surface area contributed by atoms with E-state index in [9.17, 15) is 4.79 Å². The summed E-state index contributed by atoms with van der Waals surface area (Å²) in [4.78, 5) is 11.6. The second-order valence-electron chi connectivity index (χ2n) is 3.53. The molecule has 0 aliphatic carbocycles. The lowest BCUT2D eigenvalue weighted by Gasteiger charge is -2.24. The van der Waals surface area contributed by atoms with Crippen LogP contribution < -0.4 is 10.6 Å². The van der Waals surface area contributed by atoms with Crippen molar-refractivity contribution in [1.82, 2.24) is 10.6 Å². The van der Waals surface area contributed by atoms with Gasteiger partial charge in [-0.1, -0.05) is 24.3 Å². The van der Waals surface area contributed by atoms with Gasteiger partial charge in [0.05, 0.1) is 0 Å². The monoisotopic (exact) mass is 190 g/mol. The third kappa shape index (κ3) is 1.63. The highest BCUT2D eigenvalue weighted by Crippen LogP contribution is 2.18. The zero-order valence-corrected chi connectivity index (χ0v) is 8.21. The average Bonchev–Trinajstić information content (AvgIpc) is 2.20. The van der Waals surface area contributed by atoms with Crippen LogP contribution in [0.2, 0.25) is 0 Å². The van der Waals surface area contributed by atoms with Gasteiger partial charge in [-0.25, -0.2) is 0 Å². The number of nitrogens with one attached hydrogen (secondary N) is 2. The minimum Gasteiger partial charge on any atom is -0.353 e. The fourth-order valence-electron chi connectivity index (χ4n) is 1.76. The number of benzene rings is 1. The number of piperazine rings is 1. The summed E-state index contributed by atoms with van der Waals surface area (Å²) < 4.78 is 0. The highest BCUT2D eigenvalue weighted by molar-refractivity contribution is 5.84. The second-order valence-corrected chi connectivity index (χ2v) is 3.53. The van der Waals surface area contributed by atoms with Crippen LogP contribution in [0.25, 0.3) is 0 Å². The number of rotatable bonds is 1. The molecule has 2 N–H and O–H groups in total. The van der Waals surface area contributed by atoms with E-state index in [-0.39, 0.29) is 11.9 Å². The van der Waals surface area contributed by atoms with Crippen LogP contribution in [0, 0.1) is 6.92 Å². The van der Waals surface area contributed by atoms with Gasteiger partial charge in [-0.3, -0.25) is 4.79 Å². The van der Waals surface area contributed by atoms with Crippen LogP contribution in [-0.4, -0.2) is 19.0 Å². The summed E-state index contributed by atoms with van der Waals surface area (Å²) in [5.74, 6) is 0.0746. The van der Waals surface area contributed by atoms with E-state index in [2.05, 4.69) is 10.6 Å². The normalized spacial score (nSPS) is 21.8. The van der Waals surface area contributed by atoms with Gasteiger partial charge in [0.25, 0.3) is 0 Å². The summed E-state index contributed by atoms with van der Waals surface area (Å²) in [5, 5.41) is 6.07. The third-order valence-corrected chi connectivity index (χ3v) is 2.53. The lowest BCUT2D eigenvalue weighted by atomic mass is 10.00. The average molecular weight is 190 g/mol. The first-order valence-corrected chi connectivity index (χ1v) is 4.85. The summed E-state index contributed by atoms with van der Waals surface area (Å²) in [7, 11) is 0. The quantitative estimate of drug-likeness (QED) is 0.686. The van der Waals surface area contributed by atoms with Crippen LogP contribution in [-0.2, 0) is 4.79 Å². The molecule has 1 aromatic rings. The Morgan fingerprint density at radius 3 is 2.79 bits per heavy atom. The second kappa shape index (κ2) is 3.80. The van der Waals surface area contributed by atoms with Crippen molar-refractivity contribution in [1.29, 1.82) is 0 Å². The van der Waals surface area contributed by atoms with E-state index in [1.54, 1.807) is 0 Å². The van der Waals surface area contributed by atoms with Crippen LogP contribution in [0.1, 0.15) is 17.2 Å². The zero-order chi connectivity index (χ0) is 9.97. The Labute approximate surface area is 83.5 Å². The Kier molecular flexibility index (Phi) is 2.50. The van der Waals surface area contributed by atoms with Gasteiger partial charge in [-0.05, 0) is 18.1 Å². The number of hydrogen-bond donors (Lipinski definition) is 2. The van der Waals surface area contributed by atoms with Crippen molar-refractivity contribution in [3.63, 3.8) is 0 Å². The number of aryl methyl sites for hydroxylation is 1. The van der Waals surface area contributed by atoms with Gasteiger partial charge < -0.3 is 10.6 Å². The molecule has 74 valence electrons. The van der Waals surface area contributed by atoms with Gasteiger partial charge >= 0.3 is 0 Å². The Hall–Kier alpha value is -1.35. The maximum absolute atomic E-state index is 11.6. The topological polar surface area (TPSA) is 41.1 Å². The highest BCUT2D eigenvalue weighted by atomic mass is 16.2. The molecule has 14 heavy (non-hydrogen) atoms. The number of carbonyl (C=O) groups excluding carboxylic acids is 1. The molecule has 0 spiro atoms. The molecule has 0 bridgehead atoms. The Morgan fingerprint density at radius 1 is 1.29 bits per heavy atom. The molecule has 1 aliphatic rings. The number of hydrogen-bond acceptors (Lipinski definition) is 2. The molecule has 1 heterocycles. The van der Waals surface area contributed by atoms with Crippen LogP contribution >= 0.6 is 0 Å². The standard InChI is InChI=1S/C11H14N2O/c1-8-4-2-3-5-9(8)10-11(14)13-7-6-12-10/h2-5,10,12H,6-7H2,1H3,(H,13,14)/t10-/m1/s1. The largest absolute Gasteiger partial charge is 0.353 e. The van der Waals surface area contributed by atoms with Gasteiger partial charge in [0.15, 0.2) is 0 Å². The van der Waals surface area contributed by atoms with Gasteiger partial charge in [-0.15, -0.1) is 0 Å². The molecule has 0 unspecified atom stereocenters. The molecule has 3 heteroatoms. The van der Waals surface area contributed by atoms with E-state index in [0.29, 0.717) is 0 Å². The lowest BCUT2D eigenvalue weighted by molar-refractivity contribution is -0.124. The molecule has 1 aliphatic heterocycles. The number of carbonyl (C=O) groups is 1. The fraction of sp³-hybridized carbons (Fsp3) is 0.364. The first-order chi connectivity index (χ1) is 6.79. The highest BCUT2D eigenvalue weighted by Gasteiger charge is 2.23. The molecule has 3 nitrogen and oxygen atoms in total. The molecule has 1 fully saturated rings. The van der Waals surface area contributed by atoms with E-state index in [0.717, 1.165) is 24.2 Å². The Balaban J connectivity index is 2.29. The van der Waals surface area contributed by atoms with Crippen molar-refractivity contribution in [2.75, 3.05) is 13.1 Å². The molecule has 2 rings (SSSR count). The van der Waals surface area contributed by atoms with Gasteiger partial charge in [0.2, 0.25) is 5.91 Å². The summed E-state index contributed by atoms with van der Waals surface area (Å²) in [5.41, 5.74) is 2.23. The minimum absolute atomic E-state index is 0.0746. The first kappa shape index (κ1) is 9.21. The molecular formula is C11H14N2O. The van der Waals surface area contributed by atoms with E-state index in [1.807, 2.05) is 31.2 Å².